The molecule has 3 rings (SSSR count). The van der Waals surface area contributed by atoms with Gasteiger partial charge in [-0.15, -0.1) is 22.7 Å². The van der Waals surface area contributed by atoms with E-state index in [9.17, 15) is 4.79 Å². The van der Waals surface area contributed by atoms with Gasteiger partial charge in [-0.2, -0.15) is 0 Å². The molecule has 1 aliphatic carbocycles. The highest BCUT2D eigenvalue weighted by molar-refractivity contribution is 7.14. The second-order valence-corrected chi connectivity index (χ2v) is 7.15. The first kappa shape index (κ1) is 12.1. The predicted molar refractivity (Wildman–Crippen MR) is 78.1 cm³/mol. The van der Waals surface area contributed by atoms with Crippen molar-refractivity contribution in [2.24, 2.45) is 0 Å². The summed E-state index contributed by atoms with van der Waals surface area (Å²) in [6.45, 7) is 2.05. The lowest BCUT2D eigenvalue weighted by Gasteiger charge is -1.94. The Hall–Kier alpha value is -0.930. The molecule has 0 aliphatic heterocycles. The number of aryl methyl sites for hydroxylation is 3. The van der Waals surface area contributed by atoms with Crippen LogP contribution >= 0.6 is 22.7 Å². The predicted octanol–water partition coefficient (Wildman–Crippen LogP) is 4.62. The summed E-state index contributed by atoms with van der Waals surface area (Å²) in [6.07, 6.45) is 6.19. The van der Waals surface area contributed by atoms with Gasteiger partial charge >= 0.3 is 0 Å². The van der Waals surface area contributed by atoms with Crippen LogP contribution in [0, 0.1) is 6.92 Å². The van der Waals surface area contributed by atoms with Crippen molar-refractivity contribution < 1.29 is 4.79 Å². The van der Waals surface area contributed by atoms with Crippen molar-refractivity contribution in [3.63, 3.8) is 0 Å². The molecule has 0 unspecified atom stereocenters. The third-order valence-electron chi connectivity index (χ3n) is 3.46. The Morgan fingerprint density at radius 3 is 2.78 bits per heavy atom. The Balaban J connectivity index is 1.91. The average Bonchev–Trinajstić information content (AvgIpc) is 2.90. The Morgan fingerprint density at radius 2 is 2.00 bits per heavy atom. The van der Waals surface area contributed by atoms with Crippen LogP contribution in [0.5, 0.6) is 0 Å². The monoisotopic (exact) mass is 276 g/mol. The smallest absolute Gasteiger partial charge is 0.203 e. The molecule has 3 heteroatoms. The van der Waals surface area contributed by atoms with Crippen molar-refractivity contribution in [1.29, 1.82) is 0 Å². The van der Waals surface area contributed by atoms with Crippen LogP contribution in [-0.2, 0) is 12.8 Å². The molecule has 94 valence electrons. The lowest BCUT2D eigenvalue weighted by molar-refractivity contribution is 0.104. The topological polar surface area (TPSA) is 17.1 Å². The first-order valence-electron chi connectivity index (χ1n) is 6.45. The highest BCUT2D eigenvalue weighted by Gasteiger charge is 2.18. The molecule has 0 bridgehead atoms. The summed E-state index contributed by atoms with van der Waals surface area (Å²) >= 11 is 3.37. The molecule has 2 heterocycles. The minimum Gasteiger partial charge on any atom is -0.288 e. The summed E-state index contributed by atoms with van der Waals surface area (Å²) in [6, 6.07) is 4.14. The Morgan fingerprint density at radius 1 is 1.17 bits per heavy atom. The third kappa shape index (κ3) is 2.29. The van der Waals surface area contributed by atoms with Gasteiger partial charge in [-0.05, 0) is 50.3 Å². The molecular formula is C15H16OS2. The van der Waals surface area contributed by atoms with Gasteiger partial charge in [-0.3, -0.25) is 4.79 Å². The van der Waals surface area contributed by atoms with Gasteiger partial charge in [-0.25, -0.2) is 0 Å². The van der Waals surface area contributed by atoms with E-state index in [1.165, 1.54) is 34.6 Å². The molecule has 2 aromatic rings. The second-order valence-electron chi connectivity index (χ2n) is 4.89. The zero-order valence-corrected chi connectivity index (χ0v) is 12.1. The first-order chi connectivity index (χ1) is 8.74. The van der Waals surface area contributed by atoms with Crippen LogP contribution in [0.3, 0.4) is 0 Å². The fourth-order valence-electron chi connectivity index (χ4n) is 2.48. The van der Waals surface area contributed by atoms with Crippen LogP contribution < -0.4 is 0 Å². The van der Waals surface area contributed by atoms with E-state index in [4.69, 9.17) is 0 Å². The van der Waals surface area contributed by atoms with Crippen LogP contribution in [0.25, 0.3) is 0 Å². The molecule has 0 radical (unpaired) electrons. The number of thiophene rings is 2. The Labute approximate surface area is 115 Å². The minimum atomic E-state index is 0.206. The molecular weight excluding hydrogens is 260 g/mol. The summed E-state index contributed by atoms with van der Waals surface area (Å²) < 4.78 is 0. The largest absolute Gasteiger partial charge is 0.288 e. The lowest BCUT2D eigenvalue weighted by atomic mass is 10.1. The maximum Gasteiger partial charge on any atom is 0.203 e. The molecule has 18 heavy (non-hydrogen) atoms. The molecule has 2 aromatic heterocycles. The van der Waals surface area contributed by atoms with Gasteiger partial charge < -0.3 is 0 Å². The van der Waals surface area contributed by atoms with E-state index >= 15 is 0 Å². The number of carbonyl (C=O) groups excluding carboxylic acids is 1. The molecule has 0 aromatic carbocycles. The van der Waals surface area contributed by atoms with Gasteiger partial charge in [0, 0.05) is 20.7 Å². The van der Waals surface area contributed by atoms with Crippen molar-refractivity contribution in [2.45, 2.75) is 39.0 Å². The van der Waals surface area contributed by atoms with Crippen molar-refractivity contribution in [3.8, 4) is 0 Å². The van der Waals surface area contributed by atoms with Gasteiger partial charge in [0.15, 0.2) is 0 Å². The van der Waals surface area contributed by atoms with Gasteiger partial charge in [0.25, 0.3) is 0 Å². The summed E-state index contributed by atoms with van der Waals surface area (Å²) in [5.74, 6) is 0.206. The molecule has 0 saturated heterocycles. The molecule has 0 fully saturated rings. The van der Waals surface area contributed by atoms with E-state index in [2.05, 4.69) is 6.07 Å². The molecule has 0 atom stereocenters. The Kier molecular flexibility index (Phi) is 3.35. The van der Waals surface area contributed by atoms with Crippen molar-refractivity contribution in [2.75, 3.05) is 0 Å². The molecule has 0 saturated carbocycles. The fraction of sp³-hybridized carbons (Fsp3) is 0.400. The average molecular weight is 276 g/mol. The van der Waals surface area contributed by atoms with E-state index in [0.29, 0.717) is 0 Å². The number of fused-ring (bicyclic) bond motifs is 1. The zero-order chi connectivity index (χ0) is 12.5. The van der Waals surface area contributed by atoms with Crippen LogP contribution in [0.1, 0.15) is 49.8 Å². The van der Waals surface area contributed by atoms with Gasteiger partial charge in [0.2, 0.25) is 5.78 Å². The maximum absolute atomic E-state index is 12.4. The third-order valence-corrected chi connectivity index (χ3v) is 5.56. The molecule has 1 nitrogen and oxygen atoms in total. The van der Waals surface area contributed by atoms with Crippen molar-refractivity contribution in [1.82, 2.24) is 0 Å². The SMILES string of the molecule is Cc1cc(C(=O)c2cc3c(s2)CCCCC3)cs1. The second kappa shape index (κ2) is 4.98. The van der Waals surface area contributed by atoms with Crippen LogP contribution in [-0.4, -0.2) is 5.78 Å². The van der Waals surface area contributed by atoms with Gasteiger partial charge in [0.05, 0.1) is 4.88 Å². The molecule has 0 amide bonds. The van der Waals surface area contributed by atoms with Crippen LogP contribution in [0.4, 0.5) is 0 Å². The fourth-order valence-corrected chi connectivity index (χ4v) is 4.38. The Bertz CT molecular complexity index is 554. The number of rotatable bonds is 2. The normalized spacial score (nSPS) is 15.2. The summed E-state index contributed by atoms with van der Waals surface area (Å²) in [5.41, 5.74) is 2.28. The lowest BCUT2D eigenvalue weighted by Crippen LogP contribution is -1.95. The number of hydrogen-bond donors (Lipinski definition) is 0. The molecule has 1 aliphatic rings. The van der Waals surface area contributed by atoms with E-state index < -0.39 is 0 Å². The van der Waals surface area contributed by atoms with E-state index in [0.717, 1.165) is 23.3 Å². The summed E-state index contributed by atoms with van der Waals surface area (Å²) in [7, 11) is 0. The van der Waals surface area contributed by atoms with E-state index in [-0.39, 0.29) is 5.78 Å². The van der Waals surface area contributed by atoms with E-state index in [1.54, 1.807) is 22.7 Å². The minimum absolute atomic E-state index is 0.206. The van der Waals surface area contributed by atoms with Gasteiger partial charge in [0.1, 0.15) is 0 Å². The number of ketones is 1. The van der Waals surface area contributed by atoms with E-state index in [1.807, 2.05) is 18.4 Å². The number of hydrogen-bond acceptors (Lipinski definition) is 3. The van der Waals surface area contributed by atoms with Crippen LogP contribution in [0.2, 0.25) is 0 Å². The first-order valence-corrected chi connectivity index (χ1v) is 8.15. The molecule has 0 spiro atoms. The van der Waals surface area contributed by atoms with Crippen molar-refractivity contribution >= 4 is 28.5 Å². The summed E-state index contributed by atoms with van der Waals surface area (Å²) in [4.78, 5) is 16.0. The highest BCUT2D eigenvalue weighted by Crippen LogP contribution is 2.30. The maximum atomic E-state index is 12.4. The van der Waals surface area contributed by atoms with Gasteiger partial charge in [-0.1, -0.05) is 6.42 Å². The van der Waals surface area contributed by atoms with Crippen molar-refractivity contribution in [3.05, 3.63) is 43.3 Å². The quantitative estimate of drug-likeness (QED) is 0.578. The highest BCUT2D eigenvalue weighted by atomic mass is 32.1. The van der Waals surface area contributed by atoms with Crippen LogP contribution in [0.15, 0.2) is 17.5 Å². The number of carbonyl (C=O) groups is 1. The summed E-state index contributed by atoms with van der Waals surface area (Å²) in [5, 5.41) is 1.97. The standard InChI is InChI=1S/C15H16OS2/c1-10-7-12(9-17-10)15(16)14-8-11-5-3-2-4-6-13(11)18-14/h7-9H,2-6H2,1H3. The molecule has 0 N–H and O–H groups in total. The zero-order valence-electron chi connectivity index (χ0n) is 10.5.